The maximum absolute atomic E-state index is 12.2. The highest BCUT2D eigenvalue weighted by Crippen LogP contribution is 2.18. The van der Waals surface area contributed by atoms with Crippen molar-refractivity contribution in [2.45, 2.75) is 19.4 Å². The van der Waals surface area contributed by atoms with E-state index >= 15 is 0 Å². The number of amides is 1. The molecule has 1 amide bonds. The Hall–Kier alpha value is -2.34. The summed E-state index contributed by atoms with van der Waals surface area (Å²) in [5.41, 5.74) is 0.535. The highest BCUT2D eigenvalue weighted by atomic mass is 16.3. The first-order valence-corrected chi connectivity index (χ1v) is 7.70. The summed E-state index contributed by atoms with van der Waals surface area (Å²) in [6, 6.07) is 9.79. The number of carbonyl (C=O) groups excluding carboxylic acids is 1. The Balaban J connectivity index is 1.91. The van der Waals surface area contributed by atoms with E-state index < -0.39 is 5.60 Å². The van der Waals surface area contributed by atoms with Crippen LogP contribution in [0.2, 0.25) is 0 Å². The summed E-state index contributed by atoms with van der Waals surface area (Å²) in [6.07, 6.45) is 3.35. The van der Waals surface area contributed by atoms with Crippen molar-refractivity contribution in [3.05, 3.63) is 48.3 Å². The van der Waals surface area contributed by atoms with Crippen LogP contribution in [0.4, 0.5) is 5.69 Å². The Morgan fingerprint density at radius 2 is 2.09 bits per heavy atom. The predicted octanol–water partition coefficient (Wildman–Crippen LogP) is 1.27. The number of likely N-dealkylation sites (N-methyl/N-ethyl adjacent to an activating group) is 1. The zero-order valence-electron chi connectivity index (χ0n) is 13.9. The molecule has 0 aliphatic heterocycles. The molecule has 6 nitrogen and oxygen atoms in total. The number of carbonyl (C=O) groups is 1. The number of para-hydroxylation sites is 1. The maximum Gasteiger partial charge on any atom is 0.239 e. The monoisotopic (exact) mass is 316 g/mol. The van der Waals surface area contributed by atoms with Crippen LogP contribution in [0.5, 0.6) is 0 Å². The molecule has 1 aromatic heterocycles. The molecule has 2 aromatic rings. The van der Waals surface area contributed by atoms with E-state index in [1.54, 1.807) is 31.0 Å². The number of hydrogen-bond acceptors (Lipinski definition) is 4. The summed E-state index contributed by atoms with van der Waals surface area (Å²) in [6.45, 7) is 4.80. The van der Waals surface area contributed by atoms with E-state index in [0.717, 1.165) is 12.2 Å². The molecule has 1 aromatic carbocycles. The van der Waals surface area contributed by atoms with Crippen molar-refractivity contribution >= 4 is 11.6 Å². The second-order valence-electron chi connectivity index (χ2n) is 5.80. The van der Waals surface area contributed by atoms with Gasteiger partial charge < -0.3 is 15.3 Å². The zero-order chi connectivity index (χ0) is 16.9. The van der Waals surface area contributed by atoms with Crippen molar-refractivity contribution in [1.29, 1.82) is 0 Å². The van der Waals surface area contributed by atoms with Crippen molar-refractivity contribution < 1.29 is 9.90 Å². The number of hydrogen-bond donors (Lipinski definition) is 2. The van der Waals surface area contributed by atoms with Gasteiger partial charge in [-0.2, -0.15) is 5.10 Å². The fraction of sp³-hybridized carbons (Fsp3) is 0.412. The highest BCUT2D eigenvalue weighted by Gasteiger charge is 2.25. The lowest BCUT2D eigenvalue weighted by Crippen LogP contribution is -2.43. The van der Waals surface area contributed by atoms with E-state index in [1.165, 1.54) is 0 Å². The average Bonchev–Trinajstić information content (AvgIpc) is 2.99. The van der Waals surface area contributed by atoms with Crippen molar-refractivity contribution in [2.75, 3.05) is 24.5 Å². The Bertz CT molecular complexity index is 637. The zero-order valence-corrected chi connectivity index (χ0v) is 13.9. The first-order chi connectivity index (χ1) is 10.9. The highest BCUT2D eigenvalue weighted by molar-refractivity contribution is 5.81. The third kappa shape index (κ3) is 4.56. The van der Waals surface area contributed by atoms with Crippen LogP contribution in [0.1, 0.15) is 19.4 Å². The summed E-state index contributed by atoms with van der Waals surface area (Å²) in [4.78, 5) is 14.2. The summed E-state index contributed by atoms with van der Waals surface area (Å²) in [7, 11) is 1.79. The van der Waals surface area contributed by atoms with Gasteiger partial charge in [0.25, 0.3) is 0 Å². The molecule has 0 bridgehead atoms. The molecule has 2 N–H and O–H groups in total. The number of nitrogens with zero attached hydrogens (tertiary/aromatic N) is 3. The largest absolute Gasteiger partial charge is 0.383 e. The Morgan fingerprint density at radius 3 is 2.65 bits per heavy atom. The molecule has 0 saturated carbocycles. The van der Waals surface area contributed by atoms with E-state index in [9.17, 15) is 9.90 Å². The molecule has 0 saturated heterocycles. The standard InChI is InChI=1S/C17H24N4O2/c1-4-21(15-8-6-5-7-9-15)12-16(22)18-13-17(2,23)14-10-19-20(3)11-14/h5-11,23H,4,12-13H2,1-3H3,(H,18,22). The van der Waals surface area contributed by atoms with Crippen LogP contribution in [0.3, 0.4) is 0 Å². The molecule has 0 fully saturated rings. The maximum atomic E-state index is 12.2. The number of aromatic nitrogens is 2. The van der Waals surface area contributed by atoms with Crippen molar-refractivity contribution in [2.24, 2.45) is 7.05 Å². The fourth-order valence-electron chi connectivity index (χ4n) is 2.33. The first-order valence-electron chi connectivity index (χ1n) is 7.70. The van der Waals surface area contributed by atoms with Crippen LogP contribution < -0.4 is 10.2 Å². The molecular weight excluding hydrogens is 292 g/mol. The Kier molecular flexibility index (Phi) is 5.39. The number of aryl methyl sites for hydroxylation is 1. The van der Waals surface area contributed by atoms with Crippen molar-refractivity contribution in [3.8, 4) is 0 Å². The molecule has 1 unspecified atom stereocenters. The minimum Gasteiger partial charge on any atom is -0.383 e. The van der Waals surface area contributed by atoms with Gasteiger partial charge in [0.05, 0.1) is 19.3 Å². The molecule has 0 aliphatic carbocycles. The third-order valence-corrected chi connectivity index (χ3v) is 3.79. The number of benzene rings is 1. The third-order valence-electron chi connectivity index (χ3n) is 3.79. The molecule has 0 aliphatic rings. The normalized spacial score (nSPS) is 13.4. The Morgan fingerprint density at radius 1 is 1.39 bits per heavy atom. The van der Waals surface area contributed by atoms with Gasteiger partial charge in [0.1, 0.15) is 5.60 Å². The van der Waals surface area contributed by atoms with Crippen molar-refractivity contribution in [3.63, 3.8) is 0 Å². The molecule has 23 heavy (non-hydrogen) atoms. The van der Waals surface area contributed by atoms with Gasteiger partial charge >= 0.3 is 0 Å². The summed E-state index contributed by atoms with van der Waals surface area (Å²) < 4.78 is 1.62. The van der Waals surface area contributed by atoms with Crippen LogP contribution in [0, 0.1) is 0 Å². The van der Waals surface area contributed by atoms with Gasteiger partial charge in [-0.15, -0.1) is 0 Å². The minimum atomic E-state index is -1.15. The van der Waals surface area contributed by atoms with Crippen LogP contribution in [0.15, 0.2) is 42.7 Å². The molecule has 2 rings (SSSR count). The van der Waals surface area contributed by atoms with Gasteiger partial charge in [-0.05, 0) is 26.0 Å². The van der Waals surface area contributed by atoms with Gasteiger partial charge in [-0.25, -0.2) is 0 Å². The lowest BCUT2D eigenvalue weighted by molar-refractivity contribution is -0.121. The van der Waals surface area contributed by atoms with E-state index in [-0.39, 0.29) is 19.0 Å². The summed E-state index contributed by atoms with van der Waals surface area (Å²) in [5, 5.41) is 17.3. The first kappa shape index (κ1) is 17.0. The van der Waals surface area contributed by atoms with Crippen LogP contribution in [0.25, 0.3) is 0 Å². The van der Waals surface area contributed by atoms with Crippen molar-refractivity contribution in [1.82, 2.24) is 15.1 Å². The topological polar surface area (TPSA) is 70.4 Å². The van der Waals surface area contributed by atoms with E-state index in [0.29, 0.717) is 5.56 Å². The van der Waals surface area contributed by atoms with E-state index in [1.807, 2.05) is 42.2 Å². The van der Waals surface area contributed by atoms with Gasteiger partial charge in [-0.1, -0.05) is 18.2 Å². The lowest BCUT2D eigenvalue weighted by atomic mass is 10.00. The van der Waals surface area contributed by atoms with E-state index in [2.05, 4.69) is 10.4 Å². The van der Waals surface area contributed by atoms with Crippen LogP contribution in [-0.2, 0) is 17.4 Å². The second kappa shape index (κ2) is 7.28. The van der Waals surface area contributed by atoms with Gasteiger partial charge in [0.15, 0.2) is 0 Å². The molecule has 124 valence electrons. The van der Waals surface area contributed by atoms with Gasteiger partial charge in [0, 0.05) is 31.0 Å². The second-order valence-corrected chi connectivity index (χ2v) is 5.80. The van der Waals surface area contributed by atoms with E-state index in [4.69, 9.17) is 0 Å². The SMILES string of the molecule is CCN(CC(=O)NCC(C)(O)c1cnn(C)c1)c1ccccc1. The van der Waals surface area contributed by atoms with Crippen LogP contribution >= 0.6 is 0 Å². The quantitative estimate of drug-likeness (QED) is 0.807. The smallest absolute Gasteiger partial charge is 0.239 e. The molecule has 0 spiro atoms. The average molecular weight is 316 g/mol. The summed E-state index contributed by atoms with van der Waals surface area (Å²) >= 11 is 0. The minimum absolute atomic E-state index is 0.125. The molecule has 6 heteroatoms. The molecule has 0 radical (unpaired) electrons. The number of anilines is 1. The predicted molar refractivity (Wildman–Crippen MR) is 90.1 cm³/mol. The lowest BCUT2D eigenvalue weighted by Gasteiger charge is -2.25. The fourth-order valence-corrected chi connectivity index (χ4v) is 2.33. The molecular formula is C17H24N4O2. The number of aliphatic hydroxyl groups is 1. The summed E-state index contributed by atoms with van der Waals surface area (Å²) in [5.74, 6) is -0.125. The number of rotatable bonds is 7. The van der Waals surface area contributed by atoms with Gasteiger partial charge in [0.2, 0.25) is 5.91 Å². The number of nitrogens with one attached hydrogen (secondary N) is 1. The Labute approximate surface area is 136 Å². The van der Waals surface area contributed by atoms with Crippen LogP contribution in [-0.4, -0.2) is 40.4 Å². The molecule has 1 atom stereocenters. The van der Waals surface area contributed by atoms with Gasteiger partial charge in [-0.3, -0.25) is 9.48 Å². The molecule has 1 heterocycles.